The van der Waals surface area contributed by atoms with Crippen LogP contribution in [0.2, 0.25) is 0 Å². The molecule has 1 aliphatic rings. The molecule has 2 aromatic rings. The Hall–Kier alpha value is -3.09. The monoisotopic (exact) mass is 397 g/mol. The van der Waals surface area contributed by atoms with E-state index in [1.807, 2.05) is 12.1 Å². The van der Waals surface area contributed by atoms with Crippen molar-refractivity contribution >= 4 is 11.8 Å². The molecule has 1 aromatic carbocycles. The Morgan fingerprint density at radius 3 is 2.55 bits per heavy atom. The first-order valence-corrected chi connectivity index (χ1v) is 9.84. The van der Waals surface area contributed by atoms with Gasteiger partial charge in [-0.1, -0.05) is 13.3 Å². The lowest BCUT2D eigenvalue weighted by molar-refractivity contribution is 0.0734. The molecule has 0 saturated heterocycles. The zero-order valence-corrected chi connectivity index (χ0v) is 17.2. The van der Waals surface area contributed by atoms with E-state index < -0.39 is 0 Å². The van der Waals surface area contributed by atoms with E-state index in [2.05, 4.69) is 17.2 Å². The van der Waals surface area contributed by atoms with E-state index in [9.17, 15) is 9.59 Å². The van der Waals surface area contributed by atoms with Gasteiger partial charge in [0.2, 0.25) is 0 Å². The fourth-order valence-electron chi connectivity index (χ4n) is 3.40. The summed E-state index contributed by atoms with van der Waals surface area (Å²) in [5.41, 5.74) is 2.91. The summed E-state index contributed by atoms with van der Waals surface area (Å²) < 4.78 is 10.8. The van der Waals surface area contributed by atoms with Gasteiger partial charge in [0.25, 0.3) is 11.8 Å². The molecule has 0 fully saturated rings. The van der Waals surface area contributed by atoms with Gasteiger partial charge in [0.15, 0.2) is 11.5 Å². The molecule has 0 spiro atoms. The molecular weight excluding hydrogens is 370 g/mol. The van der Waals surface area contributed by atoms with Crippen LogP contribution in [-0.2, 0) is 13.0 Å². The molecule has 2 heterocycles. The lowest BCUT2D eigenvalue weighted by atomic mass is 9.98. The number of fused-ring (bicyclic) bond motifs is 1. The second kappa shape index (κ2) is 9.41. The van der Waals surface area contributed by atoms with Crippen LogP contribution in [0, 0.1) is 0 Å². The van der Waals surface area contributed by atoms with Crippen LogP contribution in [0.15, 0.2) is 30.5 Å². The molecule has 0 atom stereocenters. The van der Waals surface area contributed by atoms with Crippen molar-refractivity contribution in [2.45, 2.75) is 32.7 Å². The van der Waals surface area contributed by atoms with E-state index in [4.69, 9.17) is 9.47 Å². The maximum atomic E-state index is 13.0. The Morgan fingerprint density at radius 2 is 1.86 bits per heavy atom. The molecule has 7 nitrogen and oxygen atoms in total. The molecule has 154 valence electrons. The molecular formula is C22H27N3O4. The largest absolute Gasteiger partial charge is 0.493 e. The lowest BCUT2D eigenvalue weighted by Crippen LogP contribution is -2.36. The Balaban J connectivity index is 1.75. The van der Waals surface area contributed by atoms with Gasteiger partial charge in [0.1, 0.15) is 5.69 Å². The number of pyridine rings is 1. The van der Waals surface area contributed by atoms with Crippen LogP contribution in [0.5, 0.6) is 11.5 Å². The van der Waals surface area contributed by atoms with Crippen LogP contribution in [0.1, 0.15) is 51.7 Å². The number of benzene rings is 1. The van der Waals surface area contributed by atoms with Crippen LogP contribution in [0.3, 0.4) is 0 Å². The second-order valence-electron chi connectivity index (χ2n) is 6.99. The van der Waals surface area contributed by atoms with Crippen LogP contribution >= 0.6 is 0 Å². The molecule has 1 aromatic heterocycles. The average Bonchev–Trinajstić information content (AvgIpc) is 2.77. The Morgan fingerprint density at radius 1 is 1.14 bits per heavy atom. The highest BCUT2D eigenvalue weighted by molar-refractivity contribution is 5.98. The third kappa shape index (κ3) is 4.67. The van der Waals surface area contributed by atoms with Gasteiger partial charge in [0.05, 0.1) is 14.2 Å². The summed E-state index contributed by atoms with van der Waals surface area (Å²) in [5, 5.41) is 2.83. The Labute approximate surface area is 171 Å². The Bertz CT molecular complexity index is 898. The number of carbonyl (C=O) groups is 2. The van der Waals surface area contributed by atoms with Crippen molar-refractivity contribution in [3.8, 4) is 11.5 Å². The molecule has 1 aliphatic heterocycles. The number of unbranched alkanes of at least 4 members (excludes halogenated alkanes) is 1. The third-order valence-corrected chi connectivity index (χ3v) is 5.06. The number of hydrogen-bond donors (Lipinski definition) is 1. The second-order valence-corrected chi connectivity index (χ2v) is 6.99. The average molecular weight is 397 g/mol. The summed E-state index contributed by atoms with van der Waals surface area (Å²) in [5.74, 6) is 0.971. The van der Waals surface area contributed by atoms with E-state index in [-0.39, 0.29) is 17.5 Å². The van der Waals surface area contributed by atoms with E-state index >= 15 is 0 Å². The van der Waals surface area contributed by atoms with Gasteiger partial charge < -0.3 is 19.7 Å². The molecule has 29 heavy (non-hydrogen) atoms. The number of amides is 2. The number of aromatic nitrogens is 1. The summed E-state index contributed by atoms with van der Waals surface area (Å²) in [7, 11) is 3.21. The molecule has 2 amide bonds. The summed E-state index contributed by atoms with van der Waals surface area (Å²) in [6, 6.07) is 7.11. The maximum Gasteiger partial charge on any atom is 0.269 e. The fraction of sp³-hybridized carbons (Fsp3) is 0.409. The number of nitrogens with one attached hydrogen (secondary N) is 1. The van der Waals surface area contributed by atoms with Gasteiger partial charge >= 0.3 is 0 Å². The highest BCUT2D eigenvalue weighted by atomic mass is 16.5. The number of carbonyl (C=O) groups excluding carboxylic acids is 2. The summed E-state index contributed by atoms with van der Waals surface area (Å²) >= 11 is 0. The number of rotatable bonds is 7. The standard InChI is InChI=1S/C22H27N3O4/c1-4-5-8-24-21(26)18-11-16(6-9-23-18)22(27)25-10-7-15-12-19(28-2)20(29-3)13-17(15)14-25/h6,9,11-13H,4-5,7-8,10,14H2,1-3H3,(H,24,26). The summed E-state index contributed by atoms with van der Waals surface area (Å²) in [6.45, 7) is 3.74. The third-order valence-electron chi connectivity index (χ3n) is 5.06. The smallest absolute Gasteiger partial charge is 0.269 e. The highest BCUT2D eigenvalue weighted by Gasteiger charge is 2.24. The molecule has 7 heteroatoms. The van der Waals surface area contributed by atoms with E-state index in [1.54, 1.807) is 31.3 Å². The number of hydrogen-bond acceptors (Lipinski definition) is 5. The molecule has 0 bridgehead atoms. The Kier molecular flexibility index (Phi) is 6.69. The van der Waals surface area contributed by atoms with Crippen molar-refractivity contribution in [3.63, 3.8) is 0 Å². The van der Waals surface area contributed by atoms with Crippen molar-refractivity contribution in [2.24, 2.45) is 0 Å². The van der Waals surface area contributed by atoms with Crippen molar-refractivity contribution in [1.82, 2.24) is 15.2 Å². The van der Waals surface area contributed by atoms with Crippen LogP contribution < -0.4 is 14.8 Å². The van der Waals surface area contributed by atoms with Crippen molar-refractivity contribution in [2.75, 3.05) is 27.3 Å². The van der Waals surface area contributed by atoms with Gasteiger partial charge in [-0.25, -0.2) is 0 Å². The number of methoxy groups -OCH3 is 2. The van der Waals surface area contributed by atoms with E-state index in [0.717, 1.165) is 30.4 Å². The van der Waals surface area contributed by atoms with Crippen LogP contribution in [-0.4, -0.2) is 49.0 Å². The predicted molar refractivity (Wildman–Crippen MR) is 109 cm³/mol. The van der Waals surface area contributed by atoms with E-state index in [0.29, 0.717) is 36.7 Å². The van der Waals surface area contributed by atoms with E-state index in [1.165, 1.54) is 6.20 Å². The number of ether oxygens (including phenoxy) is 2. The SMILES string of the molecule is CCCCNC(=O)c1cc(C(=O)N2CCc3cc(OC)c(OC)cc3C2)ccn1. The molecule has 1 N–H and O–H groups in total. The fourth-order valence-corrected chi connectivity index (χ4v) is 3.40. The van der Waals surface area contributed by atoms with Gasteiger partial charge in [-0.15, -0.1) is 0 Å². The molecule has 0 aliphatic carbocycles. The zero-order valence-electron chi connectivity index (χ0n) is 17.2. The lowest BCUT2D eigenvalue weighted by Gasteiger charge is -2.29. The first kappa shape index (κ1) is 20.6. The molecule has 3 rings (SSSR count). The topological polar surface area (TPSA) is 80.8 Å². The van der Waals surface area contributed by atoms with Crippen molar-refractivity contribution < 1.29 is 19.1 Å². The van der Waals surface area contributed by atoms with Gasteiger partial charge in [-0.3, -0.25) is 14.6 Å². The maximum absolute atomic E-state index is 13.0. The van der Waals surface area contributed by atoms with Gasteiger partial charge in [0, 0.05) is 31.4 Å². The quantitative estimate of drug-likeness (QED) is 0.727. The zero-order chi connectivity index (χ0) is 20.8. The van der Waals surface area contributed by atoms with Crippen molar-refractivity contribution in [3.05, 3.63) is 52.8 Å². The van der Waals surface area contributed by atoms with Crippen LogP contribution in [0.4, 0.5) is 0 Å². The summed E-state index contributed by atoms with van der Waals surface area (Å²) in [4.78, 5) is 31.2. The van der Waals surface area contributed by atoms with Gasteiger partial charge in [-0.2, -0.15) is 0 Å². The van der Waals surface area contributed by atoms with Gasteiger partial charge in [-0.05, 0) is 48.2 Å². The minimum Gasteiger partial charge on any atom is -0.493 e. The highest BCUT2D eigenvalue weighted by Crippen LogP contribution is 2.33. The first-order valence-electron chi connectivity index (χ1n) is 9.84. The normalized spacial score (nSPS) is 12.9. The number of nitrogens with zero attached hydrogens (tertiary/aromatic N) is 2. The minimum atomic E-state index is -0.256. The van der Waals surface area contributed by atoms with Crippen molar-refractivity contribution in [1.29, 1.82) is 0 Å². The first-order chi connectivity index (χ1) is 14.1. The molecule has 0 saturated carbocycles. The summed E-state index contributed by atoms with van der Waals surface area (Å²) in [6.07, 6.45) is 4.15. The molecule has 0 radical (unpaired) electrons. The predicted octanol–water partition coefficient (Wildman–Crippen LogP) is 2.83. The van der Waals surface area contributed by atoms with Crippen LogP contribution in [0.25, 0.3) is 0 Å². The minimum absolute atomic E-state index is 0.115. The molecule has 0 unspecified atom stereocenters.